The van der Waals surface area contributed by atoms with Gasteiger partial charge in [-0.25, -0.2) is 0 Å². The van der Waals surface area contributed by atoms with Crippen molar-refractivity contribution in [1.82, 2.24) is 19.9 Å². The van der Waals surface area contributed by atoms with E-state index in [-0.39, 0.29) is 29.6 Å². The van der Waals surface area contributed by atoms with Gasteiger partial charge in [-0.2, -0.15) is 0 Å². The highest BCUT2D eigenvalue weighted by Gasteiger charge is 2.35. The molecule has 3 aliphatic rings. The van der Waals surface area contributed by atoms with E-state index in [2.05, 4.69) is 83.6 Å². The number of H-pyrrole nitrogens is 2. The molecule has 240 valence electrons. The fraction of sp³-hybridized carbons (Fsp3) is 0.564. The maximum atomic E-state index is 13.5. The van der Waals surface area contributed by atoms with Crippen molar-refractivity contribution in [2.24, 2.45) is 0 Å². The Morgan fingerprint density at radius 2 is 1.53 bits per heavy atom. The lowest BCUT2D eigenvalue weighted by molar-refractivity contribution is 0.0635. The van der Waals surface area contributed by atoms with Gasteiger partial charge in [-0.15, -0.1) is 0 Å². The van der Waals surface area contributed by atoms with Crippen LogP contribution in [0.25, 0.3) is 22.1 Å². The zero-order valence-corrected chi connectivity index (χ0v) is 28.7. The highest BCUT2D eigenvalue weighted by atomic mass is 16.5. The summed E-state index contributed by atoms with van der Waals surface area (Å²) in [7, 11) is 0. The lowest BCUT2D eigenvalue weighted by Crippen LogP contribution is -2.05. The maximum Gasteiger partial charge on any atom is 0.169 e. The minimum absolute atomic E-state index is 0.0382. The zero-order valence-electron chi connectivity index (χ0n) is 28.7. The van der Waals surface area contributed by atoms with Crippen LogP contribution in [0.5, 0.6) is 0 Å². The Bertz CT molecular complexity index is 1760. The Morgan fingerprint density at radius 3 is 2.27 bits per heavy atom. The second-order valence-corrected chi connectivity index (χ2v) is 13.9. The average molecular weight is 609 g/mol. The Balaban J connectivity index is 1.64. The van der Waals surface area contributed by atoms with Crippen LogP contribution in [0, 0.1) is 13.8 Å². The van der Waals surface area contributed by atoms with E-state index < -0.39 is 0 Å². The van der Waals surface area contributed by atoms with Crippen LogP contribution in [0.4, 0.5) is 0 Å². The van der Waals surface area contributed by atoms with Gasteiger partial charge < -0.3 is 14.7 Å². The number of nitrogens with one attached hydrogen (secondary N) is 2. The number of ketones is 1. The first-order valence-electron chi connectivity index (χ1n) is 17.6. The maximum absolute atomic E-state index is 13.5. The van der Waals surface area contributed by atoms with Crippen LogP contribution in [0.1, 0.15) is 172 Å². The van der Waals surface area contributed by atoms with Crippen LogP contribution >= 0.6 is 0 Å². The Labute approximate surface area is 268 Å². The molecule has 1 aliphatic carbocycles. The number of ether oxygens (including phenoxy) is 1. The van der Waals surface area contributed by atoms with Crippen molar-refractivity contribution in [3.05, 3.63) is 68.8 Å². The number of nitrogens with zero attached hydrogens (tertiary/aromatic N) is 2. The van der Waals surface area contributed by atoms with Gasteiger partial charge in [-0.1, -0.05) is 60.3 Å². The van der Waals surface area contributed by atoms with Crippen molar-refractivity contribution in [2.75, 3.05) is 6.61 Å². The van der Waals surface area contributed by atoms with Gasteiger partial charge in [-0.05, 0) is 69.4 Å². The van der Waals surface area contributed by atoms with Crippen LogP contribution in [0.15, 0.2) is 18.2 Å². The van der Waals surface area contributed by atoms with Crippen molar-refractivity contribution < 1.29 is 9.53 Å². The molecule has 8 bridgehead atoms. The summed E-state index contributed by atoms with van der Waals surface area (Å²) in [4.78, 5) is 31.7. The van der Waals surface area contributed by atoms with E-state index in [4.69, 9.17) is 14.7 Å². The fourth-order valence-electron chi connectivity index (χ4n) is 8.22. The molecule has 5 heterocycles. The number of hydrogen-bond acceptors (Lipinski definition) is 4. The first-order valence-corrected chi connectivity index (χ1v) is 17.6. The zero-order chi connectivity index (χ0) is 32.0. The summed E-state index contributed by atoms with van der Waals surface area (Å²) < 4.78 is 6.48. The van der Waals surface area contributed by atoms with Gasteiger partial charge in [0, 0.05) is 87.0 Å². The molecule has 6 nitrogen and oxygen atoms in total. The number of fused-ring (bicyclic) bond motifs is 8. The Hall–Kier alpha value is -3.25. The van der Waals surface area contributed by atoms with Gasteiger partial charge in [0.25, 0.3) is 0 Å². The molecular formula is C39H52N4O2. The topological polar surface area (TPSA) is 83.7 Å². The molecule has 2 aliphatic heterocycles. The minimum atomic E-state index is -0.0382. The second-order valence-electron chi connectivity index (χ2n) is 13.9. The predicted octanol–water partition coefficient (Wildman–Crippen LogP) is 10.3. The standard InChI is InChI=1S/C39H52N4O2/c1-9-12-13-14-16-45-25(8)36-23(6)31-18-30-22(5)27(15-10-2)38(42-30)28-17-35(44)37-24(7)32(43-39(28)37)19-33-26(11-3)21(4)29(40-33)20-34(36)41-31/h18-22,25-27,41,43H,9-17H2,1-8H3/t21-,22+,25?,26-,27+/m1/s1. The van der Waals surface area contributed by atoms with Crippen molar-refractivity contribution in [3.63, 3.8) is 0 Å². The number of carbonyl (C=O) groups excluding carboxylic acids is 1. The van der Waals surface area contributed by atoms with E-state index in [9.17, 15) is 4.79 Å². The molecule has 45 heavy (non-hydrogen) atoms. The second kappa shape index (κ2) is 12.9. The normalized spacial score (nSPS) is 21.6. The van der Waals surface area contributed by atoms with E-state index in [1.165, 1.54) is 30.4 Å². The molecule has 0 fully saturated rings. The highest BCUT2D eigenvalue weighted by molar-refractivity contribution is 6.13. The summed E-state index contributed by atoms with van der Waals surface area (Å²) in [5.41, 5.74) is 13.9. The van der Waals surface area contributed by atoms with Crippen molar-refractivity contribution in [2.45, 2.75) is 137 Å². The number of aromatic amines is 2. The molecular weight excluding hydrogens is 556 g/mol. The molecule has 0 radical (unpaired) electrons. The number of aryl methyl sites for hydroxylation is 2. The Morgan fingerprint density at radius 1 is 0.844 bits per heavy atom. The molecule has 0 amide bonds. The van der Waals surface area contributed by atoms with E-state index in [1.54, 1.807) is 0 Å². The molecule has 0 spiro atoms. The molecule has 0 saturated carbocycles. The van der Waals surface area contributed by atoms with E-state index in [0.717, 1.165) is 93.8 Å². The van der Waals surface area contributed by atoms with E-state index in [0.29, 0.717) is 12.3 Å². The summed E-state index contributed by atoms with van der Waals surface area (Å²) in [5, 5.41) is 0. The highest BCUT2D eigenvalue weighted by Crippen LogP contribution is 2.45. The smallest absolute Gasteiger partial charge is 0.169 e. The first-order chi connectivity index (χ1) is 21.7. The van der Waals surface area contributed by atoms with Gasteiger partial charge in [0.2, 0.25) is 0 Å². The molecule has 5 atom stereocenters. The largest absolute Gasteiger partial charge is 0.374 e. The molecule has 2 N–H and O–H groups in total. The summed E-state index contributed by atoms with van der Waals surface area (Å²) >= 11 is 0. The lowest BCUT2D eigenvalue weighted by atomic mass is 9.86. The molecule has 3 aromatic heterocycles. The monoisotopic (exact) mass is 608 g/mol. The summed E-state index contributed by atoms with van der Waals surface area (Å²) in [6.07, 6.45) is 8.28. The molecule has 6 rings (SSSR count). The van der Waals surface area contributed by atoms with E-state index >= 15 is 0 Å². The van der Waals surface area contributed by atoms with Gasteiger partial charge in [0.1, 0.15) is 0 Å². The number of rotatable bonds is 10. The summed E-state index contributed by atoms with van der Waals surface area (Å²) in [6, 6.07) is 6.74. The van der Waals surface area contributed by atoms with Gasteiger partial charge in [-0.3, -0.25) is 14.8 Å². The number of carbonyl (C=O) groups is 1. The number of unbranched alkanes of at least 4 members (excludes halogenated alkanes) is 3. The van der Waals surface area contributed by atoms with Crippen LogP contribution < -0.4 is 0 Å². The third kappa shape index (κ3) is 5.58. The Kier molecular flexibility index (Phi) is 9.07. The van der Waals surface area contributed by atoms with Crippen LogP contribution in [0.2, 0.25) is 0 Å². The number of Topliss-reactive ketones (excluding diaryl/α,β-unsaturated/α-hetero) is 1. The van der Waals surface area contributed by atoms with Crippen LogP contribution in [-0.2, 0) is 11.2 Å². The first kappa shape index (κ1) is 31.7. The van der Waals surface area contributed by atoms with Crippen molar-refractivity contribution in [3.8, 4) is 0 Å². The molecule has 1 unspecified atom stereocenters. The molecule has 0 aromatic carbocycles. The SMILES string of the molecule is CCCCCCOC(C)c1c(C)c2cc3nc(c4c5[nH]c(cc6nc(cc1[nH]2)[C@H](C)[C@H]6CC)c(C)c5C(=O)C4)[C@@H](CCC)[C@@H]3C. The van der Waals surface area contributed by atoms with Gasteiger partial charge in [0.15, 0.2) is 5.78 Å². The predicted molar refractivity (Wildman–Crippen MR) is 185 cm³/mol. The summed E-state index contributed by atoms with van der Waals surface area (Å²) in [6.45, 7) is 18.6. The third-order valence-electron chi connectivity index (χ3n) is 11.0. The van der Waals surface area contributed by atoms with Gasteiger partial charge in [0.05, 0.1) is 17.3 Å². The van der Waals surface area contributed by atoms with Crippen molar-refractivity contribution in [1.29, 1.82) is 0 Å². The fourth-order valence-corrected chi connectivity index (χ4v) is 8.22. The minimum Gasteiger partial charge on any atom is -0.374 e. The lowest BCUT2D eigenvalue weighted by Gasteiger charge is -2.16. The number of aromatic nitrogens is 4. The third-order valence-corrected chi connectivity index (χ3v) is 11.0. The molecule has 6 heteroatoms. The average Bonchev–Trinajstić information content (AvgIpc) is 3.76. The van der Waals surface area contributed by atoms with E-state index in [1.807, 2.05) is 0 Å². The summed E-state index contributed by atoms with van der Waals surface area (Å²) in [5.74, 6) is 1.34. The van der Waals surface area contributed by atoms with Crippen LogP contribution in [0.3, 0.4) is 0 Å². The molecule has 0 saturated heterocycles. The van der Waals surface area contributed by atoms with Crippen molar-refractivity contribution >= 4 is 27.9 Å². The van der Waals surface area contributed by atoms with Crippen LogP contribution in [-0.4, -0.2) is 32.3 Å². The quantitative estimate of drug-likeness (QED) is 0.224. The number of hydrogen-bond donors (Lipinski definition) is 2. The van der Waals surface area contributed by atoms with Gasteiger partial charge >= 0.3 is 0 Å². The molecule has 3 aromatic rings.